The summed E-state index contributed by atoms with van der Waals surface area (Å²) in [5.41, 5.74) is 3.65. The molecular formula is C21H16B4FN7. The summed E-state index contributed by atoms with van der Waals surface area (Å²) < 4.78 is 14.2. The van der Waals surface area contributed by atoms with Crippen molar-refractivity contribution in [2.45, 2.75) is 37.9 Å². The third kappa shape index (κ3) is 3.86. The van der Waals surface area contributed by atoms with E-state index in [2.05, 4.69) is 25.5 Å². The van der Waals surface area contributed by atoms with E-state index in [-0.39, 0.29) is 23.6 Å². The van der Waals surface area contributed by atoms with Gasteiger partial charge < -0.3 is 10.2 Å². The molecule has 33 heavy (non-hydrogen) atoms. The number of nitriles is 1. The van der Waals surface area contributed by atoms with E-state index >= 15 is 0 Å². The van der Waals surface area contributed by atoms with Crippen LogP contribution in [-0.2, 0) is 11.8 Å². The van der Waals surface area contributed by atoms with Crippen molar-refractivity contribution in [1.82, 2.24) is 20.2 Å². The smallest absolute Gasteiger partial charge is 0.166 e. The topological polar surface area (TPSA) is 90.6 Å². The van der Waals surface area contributed by atoms with Gasteiger partial charge in [0.25, 0.3) is 0 Å². The van der Waals surface area contributed by atoms with Crippen LogP contribution in [0.2, 0.25) is 0 Å². The Kier molecular flexibility index (Phi) is 5.47. The van der Waals surface area contributed by atoms with Crippen molar-refractivity contribution >= 4 is 48.6 Å². The lowest BCUT2D eigenvalue weighted by molar-refractivity contribution is 0.557. The Balaban J connectivity index is 1.82. The van der Waals surface area contributed by atoms with E-state index in [1.54, 1.807) is 32.9 Å². The summed E-state index contributed by atoms with van der Waals surface area (Å²) in [7, 11) is 26.1. The summed E-state index contributed by atoms with van der Waals surface area (Å²) in [6, 6.07) is 5.23. The molecular weight excluding hydrogens is 413 g/mol. The summed E-state index contributed by atoms with van der Waals surface area (Å²) in [4.78, 5) is 9.73. The first-order valence-electron chi connectivity index (χ1n) is 10.0. The fourth-order valence-corrected chi connectivity index (χ4v) is 3.94. The Morgan fingerprint density at radius 1 is 1.06 bits per heavy atom. The molecule has 8 radical (unpaired) electrons. The normalized spacial score (nSPS) is 16.0. The van der Waals surface area contributed by atoms with Gasteiger partial charge in [-0.2, -0.15) is 5.26 Å². The van der Waals surface area contributed by atoms with Crippen LogP contribution in [-0.4, -0.2) is 56.9 Å². The summed E-state index contributed by atoms with van der Waals surface area (Å²) in [5, 5.41) is 17.1. The molecule has 0 aliphatic carbocycles. The van der Waals surface area contributed by atoms with E-state index in [4.69, 9.17) is 31.4 Å². The molecule has 7 nitrogen and oxygen atoms in total. The third-order valence-electron chi connectivity index (χ3n) is 5.73. The Morgan fingerprint density at radius 3 is 2.48 bits per heavy atom. The first kappa shape index (κ1) is 22.8. The third-order valence-corrected chi connectivity index (χ3v) is 5.73. The second-order valence-electron chi connectivity index (χ2n) is 8.21. The van der Waals surface area contributed by atoms with Crippen LogP contribution in [0, 0.1) is 37.9 Å². The predicted octanol–water partition coefficient (Wildman–Crippen LogP) is 1.45. The zero-order chi connectivity index (χ0) is 24.1. The fraction of sp³-hybridized carbons (Fsp3) is 0.286. The van der Waals surface area contributed by atoms with E-state index in [1.807, 2.05) is 6.07 Å². The lowest BCUT2D eigenvalue weighted by Crippen LogP contribution is -2.66. The largest absolute Gasteiger partial charge is 0.374 e. The van der Waals surface area contributed by atoms with E-state index < -0.39 is 16.5 Å². The summed E-state index contributed by atoms with van der Waals surface area (Å²) >= 11 is 0. The van der Waals surface area contributed by atoms with Gasteiger partial charge >= 0.3 is 0 Å². The highest BCUT2D eigenvalue weighted by Gasteiger charge is 2.45. The lowest BCUT2D eigenvalue weighted by atomic mass is 9.46. The minimum atomic E-state index is -1.74. The molecule has 4 heterocycles. The minimum Gasteiger partial charge on any atom is -0.374 e. The Hall–Kier alpha value is -3.34. The van der Waals surface area contributed by atoms with Gasteiger partial charge in [-0.3, -0.25) is 9.97 Å². The number of nitrogens with one attached hydrogen (secondary N) is 1. The predicted molar refractivity (Wildman–Crippen MR) is 126 cm³/mol. The van der Waals surface area contributed by atoms with Crippen LogP contribution in [0.1, 0.15) is 33.8 Å². The van der Waals surface area contributed by atoms with E-state index in [0.29, 0.717) is 33.8 Å². The van der Waals surface area contributed by atoms with Crippen LogP contribution >= 0.6 is 0 Å². The maximum Gasteiger partial charge on any atom is 0.166 e. The van der Waals surface area contributed by atoms with Gasteiger partial charge in [0, 0.05) is 11.4 Å². The van der Waals surface area contributed by atoms with Crippen molar-refractivity contribution in [3.8, 4) is 6.07 Å². The van der Waals surface area contributed by atoms with Crippen LogP contribution in [0.5, 0.6) is 0 Å². The molecule has 3 aromatic heterocycles. The van der Waals surface area contributed by atoms with Crippen LogP contribution in [0.15, 0.2) is 24.5 Å². The van der Waals surface area contributed by atoms with Crippen molar-refractivity contribution in [3.63, 3.8) is 0 Å². The SMILES string of the molecule is [B]C1([B])Cc2ncc(Nc3cc(C)ncc3F)cc2C([B])([B])N1c1nnc(C#N)c(C)c1C. The molecule has 1 aliphatic rings. The van der Waals surface area contributed by atoms with E-state index in [1.165, 1.54) is 11.1 Å². The highest BCUT2D eigenvalue weighted by atomic mass is 19.1. The van der Waals surface area contributed by atoms with E-state index in [0.717, 1.165) is 6.20 Å². The Labute approximate surface area is 196 Å². The minimum absolute atomic E-state index is 0.0989. The van der Waals surface area contributed by atoms with Crippen molar-refractivity contribution in [2.75, 3.05) is 10.2 Å². The van der Waals surface area contributed by atoms with Crippen molar-refractivity contribution in [1.29, 1.82) is 5.26 Å². The number of hydrogen-bond acceptors (Lipinski definition) is 7. The van der Waals surface area contributed by atoms with Gasteiger partial charge in [-0.15, -0.1) is 10.2 Å². The van der Waals surface area contributed by atoms with Crippen LogP contribution in [0.4, 0.5) is 21.6 Å². The van der Waals surface area contributed by atoms with Crippen molar-refractivity contribution < 1.29 is 4.39 Å². The highest BCUT2D eigenvalue weighted by molar-refractivity contribution is 6.48. The molecule has 0 saturated heterocycles. The number of rotatable bonds is 3. The number of fused-ring (bicyclic) bond motifs is 1. The molecule has 0 atom stereocenters. The molecule has 4 rings (SSSR count). The molecule has 0 bridgehead atoms. The molecule has 1 aliphatic heterocycles. The van der Waals surface area contributed by atoms with Crippen LogP contribution < -0.4 is 10.2 Å². The fourth-order valence-electron chi connectivity index (χ4n) is 3.94. The van der Waals surface area contributed by atoms with Gasteiger partial charge in [0.15, 0.2) is 17.3 Å². The molecule has 12 heteroatoms. The monoisotopic (exact) mass is 429 g/mol. The molecule has 0 amide bonds. The molecule has 3 aromatic rings. The van der Waals surface area contributed by atoms with Gasteiger partial charge in [0.05, 0.1) is 55.2 Å². The summed E-state index contributed by atoms with van der Waals surface area (Å²) in [5.74, 6) is -0.269. The zero-order valence-corrected chi connectivity index (χ0v) is 18.4. The van der Waals surface area contributed by atoms with Gasteiger partial charge in [-0.1, -0.05) is 0 Å². The van der Waals surface area contributed by atoms with E-state index in [9.17, 15) is 9.65 Å². The summed E-state index contributed by atoms with van der Waals surface area (Å²) in [6.07, 6.45) is 2.75. The lowest BCUT2D eigenvalue weighted by Gasteiger charge is -2.56. The molecule has 0 spiro atoms. The van der Waals surface area contributed by atoms with Gasteiger partial charge in [-0.05, 0) is 66.7 Å². The molecule has 0 aromatic carbocycles. The second-order valence-corrected chi connectivity index (χ2v) is 8.21. The van der Waals surface area contributed by atoms with Crippen molar-refractivity contribution in [2.24, 2.45) is 0 Å². The quantitative estimate of drug-likeness (QED) is 0.631. The Bertz CT molecular complexity index is 1310. The molecule has 0 fully saturated rings. The first-order valence-corrected chi connectivity index (χ1v) is 10.0. The number of hydrogen-bond donors (Lipinski definition) is 1. The number of aryl methyl sites for hydroxylation is 1. The number of halogens is 1. The van der Waals surface area contributed by atoms with Gasteiger partial charge in [0.2, 0.25) is 0 Å². The highest BCUT2D eigenvalue weighted by Crippen LogP contribution is 2.41. The molecule has 1 N–H and O–H groups in total. The molecule has 0 unspecified atom stereocenters. The Morgan fingerprint density at radius 2 is 1.79 bits per heavy atom. The number of aromatic nitrogens is 4. The van der Waals surface area contributed by atoms with Crippen LogP contribution in [0.3, 0.4) is 0 Å². The second kappa shape index (κ2) is 7.91. The maximum absolute atomic E-state index is 14.2. The number of nitrogens with zero attached hydrogens (tertiary/aromatic N) is 6. The standard InChI is InChI=1S/C21H16B4FN7/c1-10-4-16(15(26)9-28-10)30-13-5-14-17(29-8-13)6-20(22,23)33(21(14,24)25)19-12(3)11(2)18(7-27)31-32-19/h4-5,8-9H,6H2,1-3H3,(H,28,30). The van der Waals surface area contributed by atoms with Crippen LogP contribution in [0.25, 0.3) is 0 Å². The average Bonchev–Trinajstić information content (AvgIpc) is 2.74. The van der Waals surface area contributed by atoms with Crippen molar-refractivity contribution in [3.05, 3.63) is 64.1 Å². The van der Waals surface area contributed by atoms with Gasteiger partial charge in [0.1, 0.15) is 6.07 Å². The van der Waals surface area contributed by atoms with Gasteiger partial charge in [-0.25, -0.2) is 4.39 Å². The molecule has 0 saturated carbocycles. The average molecular weight is 429 g/mol. The maximum atomic E-state index is 14.2. The zero-order valence-electron chi connectivity index (χ0n) is 18.4. The summed E-state index contributed by atoms with van der Waals surface area (Å²) in [6.45, 7) is 5.25. The number of anilines is 3. The first-order chi connectivity index (χ1) is 15.5. The number of pyridine rings is 2. The molecule has 154 valence electrons.